The topological polar surface area (TPSA) is 46.6 Å². The van der Waals surface area contributed by atoms with Gasteiger partial charge in [-0.25, -0.2) is 4.79 Å². The third-order valence-electron chi connectivity index (χ3n) is 4.94. The summed E-state index contributed by atoms with van der Waals surface area (Å²) >= 11 is 1.54. The van der Waals surface area contributed by atoms with Gasteiger partial charge in [0.25, 0.3) is 5.91 Å². The van der Waals surface area contributed by atoms with Gasteiger partial charge in [-0.2, -0.15) is 0 Å². The summed E-state index contributed by atoms with van der Waals surface area (Å²) < 4.78 is 5.29. The van der Waals surface area contributed by atoms with Crippen molar-refractivity contribution in [1.29, 1.82) is 0 Å². The summed E-state index contributed by atoms with van der Waals surface area (Å²) in [5, 5.41) is 0. The normalized spacial score (nSPS) is 20.9. The predicted octanol–water partition coefficient (Wildman–Crippen LogP) is 3.57. The van der Waals surface area contributed by atoms with Crippen molar-refractivity contribution >= 4 is 23.2 Å². The van der Waals surface area contributed by atoms with Crippen LogP contribution in [0.15, 0.2) is 6.07 Å². The molecule has 2 heterocycles. The van der Waals surface area contributed by atoms with E-state index in [1.165, 1.54) is 41.0 Å². The van der Waals surface area contributed by atoms with Gasteiger partial charge in [-0.15, -0.1) is 11.3 Å². The van der Waals surface area contributed by atoms with E-state index < -0.39 is 0 Å². The minimum Gasteiger partial charge on any atom is -0.451 e. The van der Waals surface area contributed by atoms with Crippen molar-refractivity contribution in [1.82, 2.24) is 4.90 Å². The monoisotopic (exact) mass is 335 g/mol. The van der Waals surface area contributed by atoms with Gasteiger partial charge in [0.15, 0.2) is 6.61 Å². The molecule has 126 valence electrons. The Balaban J connectivity index is 1.56. The lowest BCUT2D eigenvalue weighted by atomic mass is 9.99. The highest BCUT2D eigenvalue weighted by Crippen LogP contribution is 2.30. The molecule has 5 heteroatoms. The molecule has 0 N–H and O–H groups in total. The number of carbonyl (C=O) groups is 2. The van der Waals surface area contributed by atoms with Crippen molar-refractivity contribution in [2.24, 2.45) is 0 Å². The van der Waals surface area contributed by atoms with Gasteiger partial charge in [0, 0.05) is 17.5 Å². The molecule has 1 aromatic rings. The quantitative estimate of drug-likeness (QED) is 0.790. The molecule has 1 saturated heterocycles. The molecular formula is C18H25NO3S. The number of hydrogen-bond acceptors (Lipinski definition) is 4. The number of nitrogens with zero attached hydrogens (tertiary/aromatic N) is 1. The highest BCUT2D eigenvalue weighted by molar-refractivity contribution is 7.14. The van der Waals surface area contributed by atoms with E-state index >= 15 is 0 Å². The van der Waals surface area contributed by atoms with Crippen molar-refractivity contribution < 1.29 is 14.3 Å². The van der Waals surface area contributed by atoms with Crippen molar-refractivity contribution in [3.05, 3.63) is 21.4 Å². The Morgan fingerprint density at radius 3 is 2.87 bits per heavy atom. The maximum absolute atomic E-state index is 12.3. The first-order valence-electron chi connectivity index (χ1n) is 8.77. The minimum atomic E-state index is -0.345. The number of rotatable bonds is 4. The molecule has 1 aromatic heterocycles. The van der Waals surface area contributed by atoms with Crippen LogP contribution in [0.1, 0.15) is 65.6 Å². The number of aryl methyl sites for hydroxylation is 2. The molecule has 4 nitrogen and oxygen atoms in total. The SMILES string of the molecule is CCC1CCCCN1C(=O)COC(=O)c1cc2c(s1)CCCC2. The largest absolute Gasteiger partial charge is 0.451 e. The zero-order valence-corrected chi connectivity index (χ0v) is 14.6. The van der Waals surface area contributed by atoms with Gasteiger partial charge < -0.3 is 9.64 Å². The lowest BCUT2D eigenvalue weighted by Crippen LogP contribution is -2.45. The van der Waals surface area contributed by atoms with E-state index in [2.05, 4.69) is 6.92 Å². The van der Waals surface area contributed by atoms with Gasteiger partial charge in [-0.05, 0) is 63.0 Å². The summed E-state index contributed by atoms with van der Waals surface area (Å²) in [6, 6.07) is 2.27. The summed E-state index contributed by atoms with van der Waals surface area (Å²) in [6.07, 6.45) is 8.79. The van der Waals surface area contributed by atoms with Crippen molar-refractivity contribution in [3.63, 3.8) is 0 Å². The van der Waals surface area contributed by atoms with Crippen molar-refractivity contribution in [2.75, 3.05) is 13.2 Å². The molecule has 0 saturated carbocycles. The Hall–Kier alpha value is -1.36. The van der Waals surface area contributed by atoms with E-state index in [-0.39, 0.29) is 18.5 Å². The molecule has 3 rings (SSSR count). The minimum absolute atomic E-state index is 0.0498. The number of carbonyl (C=O) groups excluding carboxylic acids is 2. The Morgan fingerprint density at radius 1 is 1.26 bits per heavy atom. The first-order valence-corrected chi connectivity index (χ1v) is 9.59. The summed E-state index contributed by atoms with van der Waals surface area (Å²) in [7, 11) is 0. The zero-order chi connectivity index (χ0) is 16.2. The van der Waals surface area contributed by atoms with Crippen LogP contribution in [0.25, 0.3) is 0 Å². The maximum Gasteiger partial charge on any atom is 0.348 e. The Labute approximate surface area is 141 Å². The number of piperidine rings is 1. The maximum atomic E-state index is 12.3. The van der Waals surface area contributed by atoms with E-state index in [0.717, 1.165) is 38.6 Å². The van der Waals surface area contributed by atoms with Gasteiger partial charge in [0.2, 0.25) is 0 Å². The van der Waals surface area contributed by atoms with Crippen LogP contribution in [0.2, 0.25) is 0 Å². The summed E-state index contributed by atoms with van der Waals surface area (Å²) in [5.74, 6) is -0.394. The lowest BCUT2D eigenvalue weighted by Gasteiger charge is -2.35. The molecule has 0 radical (unpaired) electrons. The first-order chi connectivity index (χ1) is 11.2. The average molecular weight is 335 g/mol. The van der Waals surface area contributed by atoms with Crippen molar-refractivity contribution in [2.45, 2.75) is 64.3 Å². The van der Waals surface area contributed by atoms with E-state index in [1.807, 2.05) is 11.0 Å². The molecule has 0 aromatic carbocycles. The van der Waals surface area contributed by atoms with Gasteiger partial charge in [0.1, 0.15) is 4.88 Å². The average Bonchev–Trinajstić information content (AvgIpc) is 3.03. The molecule has 1 atom stereocenters. The second kappa shape index (κ2) is 7.47. The highest BCUT2D eigenvalue weighted by atomic mass is 32.1. The summed E-state index contributed by atoms with van der Waals surface area (Å²) in [4.78, 5) is 28.4. The van der Waals surface area contributed by atoms with Crippen LogP contribution in [0.5, 0.6) is 0 Å². The third kappa shape index (κ3) is 3.77. The van der Waals surface area contributed by atoms with Crippen LogP contribution in [0, 0.1) is 0 Å². The van der Waals surface area contributed by atoms with Gasteiger partial charge >= 0.3 is 5.97 Å². The van der Waals surface area contributed by atoms with E-state index in [4.69, 9.17) is 4.74 Å². The summed E-state index contributed by atoms with van der Waals surface area (Å²) in [6.45, 7) is 2.78. The number of thiophene rings is 1. The molecule has 1 aliphatic carbocycles. The number of esters is 1. The predicted molar refractivity (Wildman–Crippen MR) is 90.9 cm³/mol. The highest BCUT2D eigenvalue weighted by Gasteiger charge is 2.26. The molecule has 0 bridgehead atoms. The Morgan fingerprint density at radius 2 is 2.09 bits per heavy atom. The molecule has 1 amide bonds. The fourth-order valence-corrected chi connectivity index (χ4v) is 4.77. The standard InChI is InChI=1S/C18H25NO3S/c1-2-14-8-5-6-10-19(14)17(20)12-22-18(21)16-11-13-7-3-4-9-15(13)23-16/h11,14H,2-10,12H2,1H3. The fraction of sp³-hybridized carbons (Fsp3) is 0.667. The third-order valence-corrected chi connectivity index (χ3v) is 6.16. The molecule has 1 unspecified atom stereocenters. The number of likely N-dealkylation sites (tertiary alicyclic amines) is 1. The van der Waals surface area contributed by atoms with Crippen LogP contribution < -0.4 is 0 Å². The second-order valence-corrected chi connectivity index (χ2v) is 7.62. The van der Waals surface area contributed by atoms with Gasteiger partial charge in [0.05, 0.1) is 0 Å². The lowest BCUT2D eigenvalue weighted by molar-refractivity contribution is -0.138. The number of hydrogen-bond donors (Lipinski definition) is 0. The van der Waals surface area contributed by atoms with E-state index in [1.54, 1.807) is 0 Å². The molecule has 2 aliphatic rings. The Kier molecular flexibility index (Phi) is 5.36. The molecule has 23 heavy (non-hydrogen) atoms. The molecule has 0 spiro atoms. The van der Waals surface area contributed by atoms with Crippen molar-refractivity contribution in [3.8, 4) is 0 Å². The summed E-state index contributed by atoms with van der Waals surface area (Å²) in [5.41, 5.74) is 1.29. The Bertz CT molecular complexity index is 557. The molecule has 1 fully saturated rings. The van der Waals surface area contributed by atoms with E-state index in [0.29, 0.717) is 10.9 Å². The number of fused-ring (bicyclic) bond motifs is 1. The van der Waals surface area contributed by atoms with Crippen LogP contribution in [-0.4, -0.2) is 36.0 Å². The first kappa shape index (κ1) is 16.5. The number of ether oxygens (including phenoxy) is 1. The van der Waals surface area contributed by atoms with Crippen LogP contribution >= 0.6 is 11.3 Å². The van der Waals surface area contributed by atoms with Gasteiger partial charge in [-0.3, -0.25) is 4.79 Å². The zero-order valence-electron chi connectivity index (χ0n) is 13.8. The van der Waals surface area contributed by atoms with Crippen LogP contribution in [0.4, 0.5) is 0 Å². The molecule has 1 aliphatic heterocycles. The van der Waals surface area contributed by atoms with Crippen LogP contribution in [-0.2, 0) is 22.4 Å². The van der Waals surface area contributed by atoms with Crippen LogP contribution in [0.3, 0.4) is 0 Å². The smallest absolute Gasteiger partial charge is 0.348 e. The number of amides is 1. The fourth-order valence-electron chi connectivity index (χ4n) is 3.63. The van der Waals surface area contributed by atoms with Gasteiger partial charge in [-0.1, -0.05) is 6.92 Å². The second-order valence-electron chi connectivity index (χ2n) is 6.49. The van der Waals surface area contributed by atoms with E-state index in [9.17, 15) is 9.59 Å². The molecular weight excluding hydrogens is 310 g/mol.